The number of nitrogens with one attached hydrogen (secondary N) is 1. The monoisotopic (exact) mass is 361 g/mol. The Bertz CT molecular complexity index is 825. The van der Waals surface area contributed by atoms with E-state index in [1.165, 1.54) is 4.90 Å². The summed E-state index contributed by atoms with van der Waals surface area (Å²) in [5, 5.41) is 15.9. The summed E-state index contributed by atoms with van der Waals surface area (Å²) in [6.45, 7) is 0.977. The number of carbonyl (C=O) groups excluding carboxylic acids is 1. The molecule has 2 aliphatic rings. The van der Waals surface area contributed by atoms with Gasteiger partial charge in [0.1, 0.15) is 6.09 Å². The molecule has 4 rings (SSSR count). The van der Waals surface area contributed by atoms with Crippen molar-refractivity contribution in [3.63, 3.8) is 0 Å². The molecule has 6 heteroatoms. The zero-order valence-electron chi connectivity index (χ0n) is 12.8. The lowest BCUT2D eigenvalue weighted by molar-refractivity contribution is -0.266. The van der Waals surface area contributed by atoms with E-state index in [2.05, 4.69) is 11.4 Å². The van der Waals surface area contributed by atoms with Gasteiger partial charge in [-0.3, -0.25) is 0 Å². The van der Waals surface area contributed by atoms with Gasteiger partial charge in [-0.25, -0.2) is 0 Å². The summed E-state index contributed by atoms with van der Waals surface area (Å²) in [6.07, 6.45) is -0.316. The fraction of sp³-hybridized carbons (Fsp3) is 0.278. The summed E-state index contributed by atoms with van der Waals surface area (Å²) < 4.78 is 0. The van der Waals surface area contributed by atoms with Crippen LogP contribution < -0.4 is 10.4 Å². The van der Waals surface area contributed by atoms with Gasteiger partial charge in [-0.2, -0.15) is 0 Å². The molecule has 2 aliphatic heterocycles. The van der Waals surface area contributed by atoms with E-state index in [1.54, 1.807) is 6.07 Å². The van der Waals surface area contributed by atoms with Crippen molar-refractivity contribution in [2.24, 2.45) is 0 Å². The Morgan fingerprint density at radius 2 is 2.04 bits per heavy atom. The first-order valence-electron chi connectivity index (χ1n) is 7.85. The second kappa shape index (κ2) is 5.87. The van der Waals surface area contributed by atoms with Crippen LogP contribution in [0.5, 0.6) is 0 Å². The SMILES string of the molecule is O=C([O-])N1CCC2Nc3ccc(-c4ccc(Cl)cc4Cl)cc3C2C1. The number of amides is 1. The highest BCUT2D eigenvalue weighted by molar-refractivity contribution is 6.36. The van der Waals surface area contributed by atoms with Crippen LogP contribution in [-0.2, 0) is 0 Å². The molecule has 124 valence electrons. The first kappa shape index (κ1) is 15.6. The van der Waals surface area contributed by atoms with Gasteiger partial charge in [-0.05, 0) is 41.8 Å². The van der Waals surface area contributed by atoms with Crippen molar-refractivity contribution in [2.75, 3.05) is 18.4 Å². The number of carboxylic acid groups (broad SMARTS) is 1. The normalized spacial score (nSPS) is 21.8. The van der Waals surface area contributed by atoms with Crippen molar-refractivity contribution in [1.29, 1.82) is 0 Å². The highest BCUT2D eigenvalue weighted by Gasteiger charge is 2.37. The molecule has 1 fully saturated rings. The van der Waals surface area contributed by atoms with Crippen molar-refractivity contribution >= 4 is 35.0 Å². The first-order chi connectivity index (χ1) is 11.5. The Kier molecular flexibility index (Phi) is 3.82. The van der Waals surface area contributed by atoms with Crippen LogP contribution in [0, 0.1) is 0 Å². The Hall–Kier alpha value is -1.91. The van der Waals surface area contributed by atoms with E-state index >= 15 is 0 Å². The molecular formula is C18H15Cl2N2O2-. The number of halogens is 2. The van der Waals surface area contributed by atoms with Crippen molar-refractivity contribution in [3.05, 3.63) is 52.0 Å². The average molecular weight is 362 g/mol. The van der Waals surface area contributed by atoms with Gasteiger partial charge in [0.25, 0.3) is 0 Å². The number of anilines is 1. The van der Waals surface area contributed by atoms with Gasteiger partial charge in [0.05, 0.1) is 0 Å². The highest BCUT2D eigenvalue weighted by atomic mass is 35.5. The molecule has 1 amide bonds. The second-order valence-electron chi connectivity index (χ2n) is 6.28. The average Bonchev–Trinajstić information content (AvgIpc) is 2.91. The summed E-state index contributed by atoms with van der Waals surface area (Å²) in [5.74, 6) is 0.137. The van der Waals surface area contributed by atoms with Crippen molar-refractivity contribution in [2.45, 2.75) is 18.4 Å². The molecule has 1 saturated heterocycles. The van der Waals surface area contributed by atoms with Crippen molar-refractivity contribution < 1.29 is 9.90 Å². The van der Waals surface area contributed by atoms with Crippen LogP contribution in [0.3, 0.4) is 0 Å². The van der Waals surface area contributed by atoms with Crippen LogP contribution in [0.4, 0.5) is 10.5 Å². The summed E-state index contributed by atoms with van der Waals surface area (Å²) in [5.41, 5.74) is 4.12. The van der Waals surface area contributed by atoms with Crippen molar-refractivity contribution in [3.8, 4) is 11.1 Å². The van der Waals surface area contributed by atoms with Crippen molar-refractivity contribution in [1.82, 2.24) is 4.90 Å². The van der Waals surface area contributed by atoms with Gasteiger partial charge >= 0.3 is 0 Å². The fourth-order valence-electron chi connectivity index (χ4n) is 3.70. The third-order valence-electron chi connectivity index (χ3n) is 4.91. The molecule has 0 spiro atoms. The summed E-state index contributed by atoms with van der Waals surface area (Å²) in [6, 6.07) is 11.9. The Morgan fingerprint density at radius 3 is 2.79 bits per heavy atom. The number of carbonyl (C=O) groups is 1. The largest absolute Gasteiger partial charge is 0.530 e. The molecule has 0 radical (unpaired) electrons. The summed E-state index contributed by atoms with van der Waals surface area (Å²) in [7, 11) is 0. The van der Waals surface area contributed by atoms with Crippen LogP contribution in [0.25, 0.3) is 11.1 Å². The number of fused-ring (bicyclic) bond motifs is 3. The number of likely N-dealkylation sites (tertiary alicyclic amines) is 1. The molecule has 0 aliphatic carbocycles. The van der Waals surface area contributed by atoms with Crippen LogP contribution in [-0.4, -0.2) is 30.1 Å². The minimum atomic E-state index is -1.10. The predicted octanol–water partition coefficient (Wildman–Crippen LogP) is 3.59. The molecule has 24 heavy (non-hydrogen) atoms. The third kappa shape index (κ3) is 2.60. The van der Waals surface area contributed by atoms with Gasteiger partial charge in [-0.15, -0.1) is 0 Å². The molecular weight excluding hydrogens is 347 g/mol. The molecule has 4 nitrogen and oxygen atoms in total. The minimum Gasteiger partial charge on any atom is -0.530 e. The fourth-order valence-corrected chi connectivity index (χ4v) is 4.22. The number of hydrogen-bond donors (Lipinski definition) is 1. The number of piperidine rings is 1. The highest BCUT2D eigenvalue weighted by Crippen LogP contribution is 2.42. The van der Waals surface area contributed by atoms with Gasteiger partial charge in [0, 0.05) is 46.3 Å². The molecule has 2 aromatic carbocycles. The molecule has 2 unspecified atom stereocenters. The molecule has 1 N–H and O–H groups in total. The van der Waals surface area contributed by atoms with E-state index in [0.717, 1.165) is 28.8 Å². The van der Waals surface area contributed by atoms with Gasteiger partial charge in [0.15, 0.2) is 0 Å². The van der Waals surface area contributed by atoms with E-state index in [0.29, 0.717) is 23.1 Å². The molecule has 0 aromatic heterocycles. The van der Waals surface area contributed by atoms with Crippen LogP contribution in [0.2, 0.25) is 10.0 Å². The second-order valence-corrected chi connectivity index (χ2v) is 7.13. The van der Waals surface area contributed by atoms with Crippen LogP contribution in [0.15, 0.2) is 36.4 Å². The molecule has 0 saturated carbocycles. The minimum absolute atomic E-state index is 0.137. The van der Waals surface area contributed by atoms with E-state index < -0.39 is 6.09 Å². The molecule has 0 bridgehead atoms. The first-order valence-corrected chi connectivity index (χ1v) is 8.60. The van der Waals surface area contributed by atoms with Gasteiger partial charge in [0.2, 0.25) is 0 Å². The lowest BCUT2D eigenvalue weighted by Crippen LogP contribution is -2.49. The zero-order valence-corrected chi connectivity index (χ0v) is 14.3. The Balaban J connectivity index is 1.71. The van der Waals surface area contributed by atoms with Gasteiger partial charge < -0.3 is 20.1 Å². The maximum absolute atomic E-state index is 11.2. The zero-order chi connectivity index (χ0) is 16.8. The number of nitrogens with zero attached hydrogens (tertiary/aromatic N) is 1. The topological polar surface area (TPSA) is 55.4 Å². The van der Waals surface area contributed by atoms with Crippen LogP contribution >= 0.6 is 23.2 Å². The van der Waals surface area contributed by atoms with E-state index in [4.69, 9.17) is 23.2 Å². The lowest BCUT2D eigenvalue weighted by atomic mass is 9.88. The quantitative estimate of drug-likeness (QED) is 0.844. The lowest BCUT2D eigenvalue weighted by Gasteiger charge is -2.36. The smallest absolute Gasteiger partial charge is 0.136 e. The van der Waals surface area contributed by atoms with E-state index in [1.807, 2.05) is 24.3 Å². The maximum atomic E-state index is 11.2. The summed E-state index contributed by atoms with van der Waals surface area (Å²) in [4.78, 5) is 12.6. The van der Waals surface area contributed by atoms with Crippen LogP contribution in [0.1, 0.15) is 17.9 Å². The summed E-state index contributed by atoms with van der Waals surface area (Å²) >= 11 is 12.3. The van der Waals surface area contributed by atoms with E-state index in [9.17, 15) is 9.90 Å². The number of rotatable bonds is 1. The maximum Gasteiger partial charge on any atom is 0.136 e. The van der Waals surface area contributed by atoms with Gasteiger partial charge in [-0.1, -0.05) is 35.3 Å². The third-order valence-corrected chi connectivity index (χ3v) is 5.45. The predicted molar refractivity (Wildman–Crippen MR) is 93.6 cm³/mol. The molecule has 2 atom stereocenters. The van der Waals surface area contributed by atoms with E-state index in [-0.39, 0.29) is 12.0 Å². The molecule has 2 aromatic rings. The standard InChI is InChI=1S/C18H16Cl2N2O2/c19-11-2-3-12(15(20)8-11)10-1-4-16-13(7-10)14-9-22(18(23)24)6-5-17(14)21-16/h1-4,7-8,14,17,21H,5-6,9H2,(H,23,24)/p-1. The number of hydrogen-bond acceptors (Lipinski definition) is 3. The molecule has 2 heterocycles. The Morgan fingerprint density at radius 1 is 1.21 bits per heavy atom. The number of benzene rings is 2. The Labute approximate surface area is 150 Å².